The number of methoxy groups -OCH3 is 1. The number of hydrogen-bond donors (Lipinski definition) is 2. The molecule has 0 fully saturated rings. The van der Waals surface area contributed by atoms with Gasteiger partial charge in [0.2, 0.25) is 5.71 Å². The summed E-state index contributed by atoms with van der Waals surface area (Å²) in [6.45, 7) is 4.24. The number of fused-ring (bicyclic) bond motifs is 1. The van der Waals surface area contributed by atoms with E-state index < -0.39 is 0 Å². The molecule has 3 heteroatoms. The second kappa shape index (κ2) is 3.81. The molecule has 0 unspecified atom stereocenters. The third kappa shape index (κ3) is 1.56. The number of hydrogen-bond acceptors (Lipinski definition) is 2. The summed E-state index contributed by atoms with van der Waals surface area (Å²) in [5.74, 6) is 0.898. The number of rotatable bonds is 1. The average molecular weight is 220 g/mol. The fourth-order valence-electron chi connectivity index (χ4n) is 2.44. The highest BCUT2D eigenvalue weighted by Gasteiger charge is 2.38. The molecule has 0 atom stereocenters. The van der Waals surface area contributed by atoms with Gasteiger partial charge in [0.05, 0.1) is 12.5 Å². The minimum Gasteiger partial charge on any atom is -0.497 e. The normalized spacial score (nSPS) is 20.6. The van der Waals surface area contributed by atoms with E-state index in [9.17, 15) is 0 Å². The first-order valence-electron chi connectivity index (χ1n) is 5.53. The predicted octanol–water partition coefficient (Wildman–Crippen LogP) is 0.830. The van der Waals surface area contributed by atoms with Gasteiger partial charge in [0.15, 0.2) is 0 Å². The van der Waals surface area contributed by atoms with Gasteiger partial charge in [-0.25, -0.2) is 0 Å². The monoisotopic (exact) mass is 220 g/mol. The van der Waals surface area contributed by atoms with Crippen molar-refractivity contribution in [2.75, 3.05) is 7.11 Å². The molecule has 1 aromatic rings. The molecular weight excluding hydrogens is 202 g/mol. The van der Waals surface area contributed by atoms with Gasteiger partial charge in [-0.05, 0) is 48.7 Å². The number of aryl methyl sites for hydroxylation is 1. The molecule has 1 aliphatic carbocycles. The fraction of sp³-hybridized carbons (Fsp3) is 0.462. The van der Waals surface area contributed by atoms with Crippen LogP contribution in [0.1, 0.15) is 31.4 Å². The Bertz CT molecular complexity index is 436. The van der Waals surface area contributed by atoms with Crippen molar-refractivity contribution < 1.29 is 15.1 Å². The molecule has 0 heterocycles. The van der Waals surface area contributed by atoms with Gasteiger partial charge in [-0.15, -0.1) is 0 Å². The molecule has 2 N–H and O–H groups in total. The highest BCUT2D eigenvalue weighted by Crippen LogP contribution is 2.35. The summed E-state index contributed by atoms with van der Waals surface area (Å²) in [5, 5.41) is 11.5. The second-order valence-corrected chi connectivity index (χ2v) is 4.74. The highest BCUT2D eigenvalue weighted by atomic mass is 16.5. The van der Waals surface area contributed by atoms with E-state index in [-0.39, 0.29) is 5.41 Å². The summed E-state index contributed by atoms with van der Waals surface area (Å²) in [5.41, 5.74) is 3.42. The molecule has 0 spiro atoms. The molecular formula is C13H18NO2+. The maximum Gasteiger partial charge on any atom is 0.211 e. The van der Waals surface area contributed by atoms with Gasteiger partial charge in [0.1, 0.15) is 5.75 Å². The Balaban J connectivity index is 2.52. The van der Waals surface area contributed by atoms with Crippen LogP contribution in [-0.2, 0) is 11.8 Å². The molecule has 0 radical (unpaired) electrons. The zero-order valence-corrected chi connectivity index (χ0v) is 10.0. The molecule has 0 aliphatic heterocycles. The Morgan fingerprint density at radius 2 is 2.06 bits per heavy atom. The van der Waals surface area contributed by atoms with Crippen molar-refractivity contribution in [3.63, 3.8) is 0 Å². The van der Waals surface area contributed by atoms with Gasteiger partial charge in [0.25, 0.3) is 0 Å². The third-order valence-corrected chi connectivity index (χ3v) is 3.52. The highest BCUT2D eigenvalue weighted by molar-refractivity contribution is 5.91. The van der Waals surface area contributed by atoms with E-state index in [4.69, 9.17) is 9.94 Å². The fourth-order valence-corrected chi connectivity index (χ4v) is 2.44. The maximum absolute atomic E-state index is 9.14. The van der Waals surface area contributed by atoms with Crippen LogP contribution in [-0.4, -0.2) is 18.0 Å². The van der Waals surface area contributed by atoms with Crippen molar-refractivity contribution in [2.45, 2.75) is 32.1 Å². The summed E-state index contributed by atoms with van der Waals surface area (Å²) in [6, 6.07) is 6.15. The van der Waals surface area contributed by atoms with Crippen molar-refractivity contribution in [3.05, 3.63) is 29.3 Å². The first-order chi connectivity index (χ1) is 7.59. The van der Waals surface area contributed by atoms with Gasteiger partial charge in [0, 0.05) is 6.42 Å². The summed E-state index contributed by atoms with van der Waals surface area (Å²) in [7, 11) is 1.68. The lowest BCUT2D eigenvalue weighted by atomic mass is 9.71. The third-order valence-electron chi connectivity index (χ3n) is 3.52. The minimum atomic E-state index is -0.130. The van der Waals surface area contributed by atoms with Gasteiger partial charge in [-0.3, -0.25) is 5.21 Å². The van der Waals surface area contributed by atoms with Gasteiger partial charge >= 0.3 is 0 Å². The molecule has 0 saturated carbocycles. The topological polar surface area (TPSA) is 43.4 Å². The summed E-state index contributed by atoms with van der Waals surface area (Å²) >= 11 is 0. The molecule has 3 nitrogen and oxygen atoms in total. The van der Waals surface area contributed by atoms with Crippen LogP contribution in [0.15, 0.2) is 18.2 Å². The van der Waals surface area contributed by atoms with E-state index >= 15 is 0 Å². The lowest BCUT2D eigenvalue weighted by Gasteiger charge is -2.29. The Morgan fingerprint density at radius 3 is 2.69 bits per heavy atom. The van der Waals surface area contributed by atoms with E-state index in [2.05, 4.69) is 31.1 Å². The lowest BCUT2D eigenvalue weighted by Crippen LogP contribution is -2.73. The predicted molar refractivity (Wildman–Crippen MR) is 62.1 cm³/mol. The molecule has 1 aromatic carbocycles. The number of benzene rings is 1. The largest absolute Gasteiger partial charge is 0.497 e. The van der Waals surface area contributed by atoms with E-state index in [1.54, 1.807) is 7.11 Å². The molecule has 0 aromatic heterocycles. The molecule has 2 rings (SSSR count). The average Bonchev–Trinajstić information content (AvgIpc) is 2.28. The molecule has 1 aliphatic rings. The Kier molecular flexibility index (Phi) is 2.62. The Labute approximate surface area is 95.7 Å². The van der Waals surface area contributed by atoms with E-state index in [0.29, 0.717) is 0 Å². The van der Waals surface area contributed by atoms with Crippen molar-refractivity contribution in [1.29, 1.82) is 0 Å². The molecule has 16 heavy (non-hydrogen) atoms. The van der Waals surface area contributed by atoms with Gasteiger partial charge < -0.3 is 4.74 Å². The summed E-state index contributed by atoms with van der Waals surface area (Å²) in [4.78, 5) is 0. The van der Waals surface area contributed by atoms with Gasteiger partial charge in [-0.1, -0.05) is 6.07 Å². The van der Waals surface area contributed by atoms with E-state index in [1.165, 1.54) is 11.1 Å². The zero-order chi connectivity index (χ0) is 11.8. The van der Waals surface area contributed by atoms with Crippen molar-refractivity contribution in [3.8, 4) is 5.75 Å². The second-order valence-electron chi connectivity index (χ2n) is 4.74. The van der Waals surface area contributed by atoms with Crippen LogP contribution in [0.2, 0.25) is 0 Å². The minimum absolute atomic E-state index is 0.130. The number of nitrogens with one attached hydrogen (secondary N) is 1. The zero-order valence-electron chi connectivity index (χ0n) is 10.0. The Hall–Kier alpha value is -1.51. The van der Waals surface area contributed by atoms with E-state index in [1.807, 2.05) is 6.07 Å². The molecule has 0 saturated heterocycles. The smallest absolute Gasteiger partial charge is 0.211 e. The van der Waals surface area contributed by atoms with Gasteiger partial charge in [-0.2, -0.15) is 0 Å². The maximum atomic E-state index is 9.14. The first-order valence-corrected chi connectivity index (χ1v) is 5.53. The van der Waals surface area contributed by atoms with E-state index in [0.717, 1.165) is 24.3 Å². The molecule has 0 bridgehead atoms. The summed E-state index contributed by atoms with van der Waals surface area (Å²) in [6.07, 6.45) is 1.81. The van der Waals surface area contributed by atoms with Crippen molar-refractivity contribution in [1.82, 2.24) is 0 Å². The Morgan fingerprint density at radius 1 is 1.31 bits per heavy atom. The van der Waals surface area contributed by atoms with Crippen LogP contribution in [0.4, 0.5) is 0 Å². The number of ether oxygens (including phenoxy) is 1. The standard InChI is InChI=1S/C13H17NO2/c1-13(2)11-6-5-10(16-3)8-9(11)4-7-12(13)14-15/h5-6,8,15H,4,7H2,1-3H3/p+1/b14-12+. The van der Waals surface area contributed by atoms with Crippen LogP contribution in [0.5, 0.6) is 5.75 Å². The first kappa shape index (κ1) is 11.0. The van der Waals surface area contributed by atoms with Crippen LogP contribution in [0.3, 0.4) is 0 Å². The van der Waals surface area contributed by atoms with Crippen LogP contribution < -0.4 is 9.89 Å². The van der Waals surface area contributed by atoms with Crippen molar-refractivity contribution >= 4 is 5.71 Å². The summed E-state index contributed by atoms with van der Waals surface area (Å²) < 4.78 is 5.23. The lowest BCUT2D eigenvalue weighted by molar-refractivity contribution is -0.740. The quantitative estimate of drug-likeness (QED) is 0.544. The SMILES string of the molecule is COc1ccc2c(c1)CC/C(=[NH+]\O)C2(C)C. The van der Waals surface area contributed by atoms with Crippen molar-refractivity contribution in [2.24, 2.45) is 0 Å². The molecule has 86 valence electrons. The van der Waals surface area contributed by atoms with Crippen LogP contribution >= 0.6 is 0 Å². The van der Waals surface area contributed by atoms with Crippen LogP contribution in [0.25, 0.3) is 0 Å². The molecule has 0 amide bonds. The van der Waals surface area contributed by atoms with Crippen LogP contribution in [0, 0.1) is 0 Å².